The van der Waals surface area contributed by atoms with Crippen molar-refractivity contribution in [2.24, 2.45) is 0 Å². The molecular formula is C12H18N2O2S. The highest BCUT2D eigenvalue weighted by molar-refractivity contribution is 7.99. The Morgan fingerprint density at radius 2 is 1.94 bits per heavy atom. The SMILES string of the molecule is CNC(C)CC(C)Sc1ccc([N+](=O)[O-])cc1. The van der Waals surface area contributed by atoms with Crippen LogP contribution in [0.15, 0.2) is 29.2 Å². The first-order valence-electron chi connectivity index (χ1n) is 5.61. The van der Waals surface area contributed by atoms with E-state index >= 15 is 0 Å². The minimum absolute atomic E-state index is 0.144. The van der Waals surface area contributed by atoms with Crippen molar-refractivity contribution in [2.45, 2.75) is 36.5 Å². The molecule has 0 saturated carbocycles. The lowest BCUT2D eigenvalue weighted by Crippen LogP contribution is -2.24. The van der Waals surface area contributed by atoms with Crippen LogP contribution in [-0.4, -0.2) is 23.3 Å². The Bertz CT molecular complexity index is 367. The maximum absolute atomic E-state index is 10.5. The molecule has 4 nitrogen and oxygen atoms in total. The van der Waals surface area contributed by atoms with E-state index in [2.05, 4.69) is 19.2 Å². The lowest BCUT2D eigenvalue weighted by molar-refractivity contribution is -0.384. The average molecular weight is 254 g/mol. The van der Waals surface area contributed by atoms with E-state index in [1.807, 2.05) is 19.2 Å². The topological polar surface area (TPSA) is 55.2 Å². The number of nitrogens with one attached hydrogen (secondary N) is 1. The molecule has 0 fully saturated rings. The molecule has 0 radical (unpaired) electrons. The standard InChI is InChI=1S/C12H18N2O2S/c1-9(13-3)8-10(2)17-12-6-4-11(5-7-12)14(15)16/h4-7,9-10,13H,8H2,1-3H3. The Hall–Kier alpha value is -1.07. The van der Waals surface area contributed by atoms with E-state index in [0.29, 0.717) is 11.3 Å². The summed E-state index contributed by atoms with van der Waals surface area (Å²) in [7, 11) is 1.95. The van der Waals surface area contributed by atoms with Gasteiger partial charge in [0.25, 0.3) is 5.69 Å². The van der Waals surface area contributed by atoms with Crippen LogP contribution in [0.1, 0.15) is 20.3 Å². The molecule has 1 aromatic carbocycles. The summed E-state index contributed by atoms with van der Waals surface area (Å²) in [6.45, 7) is 4.31. The van der Waals surface area contributed by atoms with Crippen molar-refractivity contribution in [1.29, 1.82) is 0 Å². The highest BCUT2D eigenvalue weighted by atomic mass is 32.2. The van der Waals surface area contributed by atoms with Gasteiger partial charge in [0.1, 0.15) is 0 Å². The minimum Gasteiger partial charge on any atom is -0.317 e. The van der Waals surface area contributed by atoms with Crippen molar-refractivity contribution in [1.82, 2.24) is 5.32 Å². The van der Waals surface area contributed by atoms with Gasteiger partial charge in [-0.25, -0.2) is 0 Å². The fourth-order valence-corrected chi connectivity index (χ4v) is 2.69. The fraction of sp³-hybridized carbons (Fsp3) is 0.500. The maximum atomic E-state index is 10.5. The van der Waals surface area contributed by atoms with Gasteiger partial charge in [-0.15, -0.1) is 11.8 Å². The quantitative estimate of drug-likeness (QED) is 0.481. The van der Waals surface area contributed by atoms with Crippen LogP contribution in [0.2, 0.25) is 0 Å². The normalized spacial score (nSPS) is 14.3. The predicted octanol–water partition coefficient (Wildman–Crippen LogP) is 3.07. The van der Waals surface area contributed by atoms with E-state index in [1.165, 1.54) is 0 Å². The van der Waals surface area contributed by atoms with E-state index < -0.39 is 0 Å². The van der Waals surface area contributed by atoms with Gasteiger partial charge in [-0.1, -0.05) is 6.92 Å². The van der Waals surface area contributed by atoms with Gasteiger partial charge in [-0.05, 0) is 32.5 Å². The monoisotopic (exact) mass is 254 g/mol. The number of nitro groups is 1. The molecule has 0 aliphatic heterocycles. The summed E-state index contributed by atoms with van der Waals surface area (Å²) in [4.78, 5) is 11.2. The zero-order valence-electron chi connectivity index (χ0n) is 10.3. The first-order valence-corrected chi connectivity index (χ1v) is 6.49. The van der Waals surface area contributed by atoms with Crippen molar-refractivity contribution in [3.63, 3.8) is 0 Å². The van der Waals surface area contributed by atoms with Crippen LogP contribution in [0.3, 0.4) is 0 Å². The van der Waals surface area contributed by atoms with Crippen molar-refractivity contribution in [3.05, 3.63) is 34.4 Å². The minimum atomic E-state index is -0.374. The highest BCUT2D eigenvalue weighted by Gasteiger charge is 2.10. The van der Waals surface area contributed by atoms with E-state index in [0.717, 1.165) is 11.3 Å². The first kappa shape index (κ1) is 14.0. The summed E-state index contributed by atoms with van der Waals surface area (Å²) >= 11 is 1.75. The number of thioether (sulfide) groups is 1. The van der Waals surface area contributed by atoms with Crippen molar-refractivity contribution in [2.75, 3.05) is 7.05 Å². The van der Waals surface area contributed by atoms with Gasteiger partial charge in [0, 0.05) is 28.3 Å². The van der Waals surface area contributed by atoms with Crippen LogP contribution in [0.4, 0.5) is 5.69 Å². The van der Waals surface area contributed by atoms with E-state index in [-0.39, 0.29) is 10.6 Å². The van der Waals surface area contributed by atoms with Gasteiger partial charge in [-0.3, -0.25) is 10.1 Å². The molecule has 0 aliphatic rings. The third kappa shape index (κ3) is 4.75. The summed E-state index contributed by atoms with van der Waals surface area (Å²) in [5, 5.41) is 14.2. The molecule has 0 aliphatic carbocycles. The molecule has 0 aromatic heterocycles. The zero-order chi connectivity index (χ0) is 12.8. The predicted molar refractivity (Wildman–Crippen MR) is 71.6 cm³/mol. The summed E-state index contributed by atoms with van der Waals surface area (Å²) in [6, 6.07) is 7.20. The molecule has 0 heterocycles. The zero-order valence-corrected chi connectivity index (χ0v) is 11.2. The summed E-state index contributed by atoms with van der Waals surface area (Å²) in [6.07, 6.45) is 1.07. The molecule has 1 N–H and O–H groups in total. The largest absolute Gasteiger partial charge is 0.317 e. The summed E-state index contributed by atoms with van der Waals surface area (Å²) in [5.74, 6) is 0. The second-order valence-corrected chi connectivity index (χ2v) is 5.62. The summed E-state index contributed by atoms with van der Waals surface area (Å²) in [5.41, 5.74) is 0.144. The molecule has 17 heavy (non-hydrogen) atoms. The van der Waals surface area contributed by atoms with Gasteiger partial charge < -0.3 is 5.32 Å². The van der Waals surface area contributed by atoms with Gasteiger partial charge in [0.15, 0.2) is 0 Å². The molecular weight excluding hydrogens is 236 g/mol. The van der Waals surface area contributed by atoms with E-state index in [4.69, 9.17) is 0 Å². The maximum Gasteiger partial charge on any atom is 0.269 e. The number of hydrogen-bond acceptors (Lipinski definition) is 4. The average Bonchev–Trinajstić information content (AvgIpc) is 2.29. The summed E-state index contributed by atoms with van der Waals surface area (Å²) < 4.78 is 0. The van der Waals surface area contributed by atoms with Crippen LogP contribution >= 0.6 is 11.8 Å². The van der Waals surface area contributed by atoms with Crippen LogP contribution in [0.25, 0.3) is 0 Å². The second-order valence-electron chi connectivity index (χ2n) is 4.10. The lowest BCUT2D eigenvalue weighted by Gasteiger charge is -2.16. The fourth-order valence-electron chi connectivity index (χ4n) is 1.54. The molecule has 0 saturated heterocycles. The van der Waals surface area contributed by atoms with Crippen LogP contribution in [0.5, 0.6) is 0 Å². The number of hydrogen-bond donors (Lipinski definition) is 1. The van der Waals surface area contributed by atoms with Crippen molar-refractivity contribution >= 4 is 17.4 Å². The molecule has 1 aromatic rings. The van der Waals surface area contributed by atoms with Crippen LogP contribution in [-0.2, 0) is 0 Å². The van der Waals surface area contributed by atoms with Crippen molar-refractivity contribution < 1.29 is 4.92 Å². The second kappa shape index (κ2) is 6.61. The van der Waals surface area contributed by atoms with Crippen LogP contribution < -0.4 is 5.32 Å². The number of benzene rings is 1. The van der Waals surface area contributed by atoms with Gasteiger partial charge in [0.05, 0.1) is 4.92 Å². The Morgan fingerprint density at radius 1 is 1.35 bits per heavy atom. The molecule has 94 valence electrons. The Balaban J connectivity index is 2.54. The first-order chi connectivity index (χ1) is 8.02. The molecule has 0 spiro atoms. The molecule has 5 heteroatoms. The number of nitrogens with zero attached hydrogens (tertiary/aromatic N) is 1. The molecule has 2 unspecified atom stereocenters. The molecule has 0 amide bonds. The highest BCUT2D eigenvalue weighted by Crippen LogP contribution is 2.27. The Kier molecular flexibility index (Phi) is 5.44. The third-order valence-electron chi connectivity index (χ3n) is 2.56. The van der Waals surface area contributed by atoms with Gasteiger partial charge >= 0.3 is 0 Å². The third-order valence-corrected chi connectivity index (χ3v) is 3.70. The van der Waals surface area contributed by atoms with Gasteiger partial charge in [0.2, 0.25) is 0 Å². The molecule has 0 bridgehead atoms. The lowest BCUT2D eigenvalue weighted by atomic mass is 10.2. The Labute approximate surface area is 106 Å². The smallest absolute Gasteiger partial charge is 0.269 e. The van der Waals surface area contributed by atoms with E-state index in [1.54, 1.807) is 23.9 Å². The number of non-ortho nitro benzene ring substituents is 1. The number of rotatable bonds is 6. The number of nitro benzene ring substituents is 1. The van der Waals surface area contributed by atoms with Crippen molar-refractivity contribution in [3.8, 4) is 0 Å². The van der Waals surface area contributed by atoms with Crippen LogP contribution in [0, 0.1) is 10.1 Å². The van der Waals surface area contributed by atoms with Gasteiger partial charge in [-0.2, -0.15) is 0 Å². The van der Waals surface area contributed by atoms with E-state index in [9.17, 15) is 10.1 Å². The molecule has 2 atom stereocenters. The molecule has 1 rings (SSSR count). The Morgan fingerprint density at radius 3 is 2.41 bits per heavy atom.